The topological polar surface area (TPSA) is 26.3 Å². The summed E-state index contributed by atoms with van der Waals surface area (Å²) in [4.78, 5) is 11.2. The highest BCUT2D eigenvalue weighted by Gasteiger charge is 2.46. The van der Waals surface area contributed by atoms with E-state index in [1.165, 1.54) is 0 Å². The lowest BCUT2D eigenvalue weighted by atomic mass is 9.82. The molecule has 1 rings (SSSR count). The van der Waals surface area contributed by atoms with E-state index in [1.54, 1.807) is 0 Å². The zero-order valence-corrected chi connectivity index (χ0v) is 8.02. The Morgan fingerprint density at radius 3 is 2.17 bits per heavy atom. The molecule has 68 valence electrons. The Bertz CT molecular complexity index is 214. The fourth-order valence-corrected chi connectivity index (χ4v) is 1.84. The minimum atomic E-state index is -0.270. The third kappa shape index (κ3) is 1.06. The lowest BCUT2D eigenvalue weighted by molar-refractivity contribution is -0.148. The van der Waals surface area contributed by atoms with Crippen molar-refractivity contribution in [3.05, 3.63) is 12.2 Å². The lowest BCUT2D eigenvalue weighted by Gasteiger charge is -2.28. The van der Waals surface area contributed by atoms with Crippen molar-refractivity contribution in [2.75, 3.05) is 0 Å². The van der Waals surface area contributed by atoms with Crippen LogP contribution >= 0.6 is 0 Å². The van der Waals surface area contributed by atoms with Gasteiger partial charge in [-0.2, -0.15) is 0 Å². The number of rotatable bonds is 2. The first-order valence-electron chi connectivity index (χ1n) is 4.49. The molecule has 2 heteroatoms. The molecular formula is C10H16O2. The number of hydrogen-bond acceptors (Lipinski definition) is 2. The van der Waals surface area contributed by atoms with Crippen molar-refractivity contribution in [2.24, 2.45) is 5.92 Å². The van der Waals surface area contributed by atoms with E-state index in [4.69, 9.17) is 4.74 Å². The minimum absolute atomic E-state index is 0.167. The first-order chi connectivity index (χ1) is 5.57. The van der Waals surface area contributed by atoms with Gasteiger partial charge in [0, 0.05) is 11.5 Å². The summed E-state index contributed by atoms with van der Waals surface area (Å²) in [6.45, 7) is 9.84. The van der Waals surface area contributed by atoms with Crippen molar-refractivity contribution in [1.29, 1.82) is 0 Å². The highest BCUT2D eigenvalue weighted by atomic mass is 16.6. The van der Waals surface area contributed by atoms with E-state index in [0.717, 1.165) is 12.8 Å². The molecule has 0 N–H and O–H groups in total. The molecule has 1 unspecified atom stereocenters. The molecule has 0 aliphatic carbocycles. The molecule has 0 amide bonds. The molecule has 1 aliphatic rings. The van der Waals surface area contributed by atoms with Crippen molar-refractivity contribution in [3.8, 4) is 0 Å². The molecule has 0 aromatic heterocycles. The summed E-state index contributed by atoms with van der Waals surface area (Å²) in [5, 5.41) is 0. The molecule has 1 aliphatic heterocycles. The van der Waals surface area contributed by atoms with Crippen LogP contribution in [0.15, 0.2) is 12.2 Å². The first-order valence-corrected chi connectivity index (χ1v) is 4.49. The fourth-order valence-electron chi connectivity index (χ4n) is 1.84. The van der Waals surface area contributed by atoms with E-state index in [1.807, 2.05) is 20.8 Å². The predicted molar refractivity (Wildman–Crippen MR) is 47.7 cm³/mol. The summed E-state index contributed by atoms with van der Waals surface area (Å²) >= 11 is 0. The standard InChI is InChI=1S/C10H16O2/c1-5-10(6-2)8(4)7(3)9(11)12-10/h8H,3,5-6H2,1-2,4H3. The van der Waals surface area contributed by atoms with E-state index < -0.39 is 0 Å². The number of carbonyl (C=O) groups excluding carboxylic acids is 1. The van der Waals surface area contributed by atoms with Crippen molar-refractivity contribution in [3.63, 3.8) is 0 Å². The molecular weight excluding hydrogens is 152 g/mol. The Morgan fingerprint density at radius 2 is 2.00 bits per heavy atom. The number of cyclic esters (lactones) is 1. The minimum Gasteiger partial charge on any atom is -0.455 e. The molecule has 0 aromatic rings. The lowest BCUT2D eigenvalue weighted by Crippen LogP contribution is -2.32. The van der Waals surface area contributed by atoms with Crippen LogP contribution in [0.5, 0.6) is 0 Å². The summed E-state index contributed by atoms with van der Waals surface area (Å²) in [5.74, 6) is -0.0498. The van der Waals surface area contributed by atoms with Gasteiger partial charge < -0.3 is 4.74 Å². The van der Waals surface area contributed by atoms with E-state index in [2.05, 4.69) is 6.58 Å². The van der Waals surface area contributed by atoms with Crippen molar-refractivity contribution in [1.82, 2.24) is 0 Å². The average molecular weight is 168 g/mol. The molecule has 1 saturated heterocycles. The highest BCUT2D eigenvalue weighted by molar-refractivity contribution is 5.91. The quantitative estimate of drug-likeness (QED) is 0.467. The second-order valence-corrected chi connectivity index (χ2v) is 3.41. The van der Waals surface area contributed by atoms with Gasteiger partial charge in [-0.15, -0.1) is 0 Å². The Labute approximate surface area is 73.6 Å². The zero-order chi connectivity index (χ0) is 9.35. The van der Waals surface area contributed by atoms with Gasteiger partial charge in [0.05, 0.1) is 0 Å². The van der Waals surface area contributed by atoms with Crippen LogP contribution in [-0.4, -0.2) is 11.6 Å². The molecule has 2 nitrogen and oxygen atoms in total. The van der Waals surface area contributed by atoms with Crippen molar-refractivity contribution < 1.29 is 9.53 Å². The molecule has 0 aromatic carbocycles. The monoisotopic (exact) mass is 168 g/mol. The molecule has 0 bridgehead atoms. The van der Waals surface area contributed by atoms with Crippen LogP contribution in [0.25, 0.3) is 0 Å². The third-order valence-electron chi connectivity index (χ3n) is 3.07. The fraction of sp³-hybridized carbons (Fsp3) is 0.700. The summed E-state index contributed by atoms with van der Waals surface area (Å²) in [7, 11) is 0. The van der Waals surface area contributed by atoms with Gasteiger partial charge in [0.15, 0.2) is 0 Å². The van der Waals surface area contributed by atoms with Crippen LogP contribution in [0, 0.1) is 5.92 Å². The summed E-state index contributed by atoms with van der Waals surface area (Å²) < 4.78 is 5.33. The van der Waals surface area contributed by atoms with Crippen LogP contribution in [0.2, 0.25) is 0 Å². The maximum Gasteiger partial charge on any atom is 0.334 e. The van der Waals surface area contributed by atoms with Crippen molar-refractivity contribution in [2.45, 2.75) is 39.2 Å². The van der Waals surface area contributed by atoms with E-state index in [0.29, 0.717) is 5.57 Å². The van der Waals surface area contributed by atoms with E-state index in [-0.39, 0.29) is 17.5 Å². The third-order valence-corrected chi connectivity index (χ3v) is 3.07. The van der Waals surface area contributed by atoms with Gasteiger partial charge in [0.2, 0.25) is 0 Å². The number of ether oxygens (including phenoxy) is 1. The Morgan fingerprint density at radius 1 is 1.50 bits per heavy atom. The summed E-state index contributed by atoms with van der Waals surface area (Å²) in [6.07, 6.45) is 1.74. The van der Waals surface area contributed by atoms with Crippen LogP contribution in [0.3, 0.4) is 0 Å². The van der Waals surface area contributed by atoms with Crippen LogP contribution in [0.1, 0.15) is 33.6 Å². The number of carbonyl (C=O) groups is 1. The highest BCUT2D eigenvalue weighted by Crippen LogP contribution is 2.40. The van der Waals surface area contributed by atoms with E-state index >= 15 is 0 Å². The SMILES string of the molecule is C=C1C(=O)OC(CC)(CC)C1C. The smallest absolute Gasteiger partial charge is 0.334 e. The van der Waals surface area contributed by atoms with Gasteiger partial charge in [0.1, 0.15) is 5.60 Å². The van der Waals surface area contributed by atoms with Gasteiger partial charge in [-0.25, -0.2) is 4.79 Å². The van der Waals surface area contributed by atoms with Gasteiger partial charge in [-0.05, 0) is 12.8 Å². The maximum atomic E-state index is 11.2. The van der Waals surface area contributed by atoms with Crippen molar-refractivity contribution >= 4 is 5.97 Å². The average Bonchev–Trinajstić information content (AvgIpc) is 2.30. The summed E-state index contributed by atoms with van der Waals surface area (Å²) in [6, 6.07) is 0. The maximum absolute atomic E-state index is 11.2. The molecule has 0 saturated carbocycles. The second-order valence-electron chi connectivity index (χ2n) is 3.41. The number of esters is 1. The Kier molecular flexibility index (Phi) is 2.27. The zero-order valence-electron chi connectivity index (χ0n) is 8.02. The molecule has 1 heterocycles. The second kappa shape index (κ2) is 2.92. The van der Waals surface area contributed by atoms with Crippen LogP contribution < -0.4 is 0 Å². The molecule has 1 atom stereocenters. The summed E-state index contributed by atoms with van der Waals surface area (Å²) in [5.41, 5.74) is 0.354. The van der Waals surface area contributed by atoms with Crippen LogP contribution in [-0.2, 0) is 9.53 Å². The van der Waals surface area contributed by atoms with Gasteiger partial charge >= 0.3 is 5.97 Å². The van der Waals surface area contributed by atoms with E-state index in [9.17, 15) is 4.79 Å². The van der Waals surface area contributed by atoms with Crippen LogP contribution in [0.4, 0.5) is 0 Å². The first kappa shape index (κ1) is 9.30. The number of hydrogen-bond donors (Lipinski definition) is 0. The van der Waals surface area contributed by atoms with Gasteiger partial charge in [-0.1, -0.05) is 27.4 Å². The molecule has 0 radical (unpaired) electrons. The predicted octanol–water partition coefficient (Wildman–Crippen LogP) is 2.29. The Hall–Kier alpha value is -0.790. The molecule has 12 heavy (non-hydrogen) atoms. The molecule has 0 spiro atoms. The normalized spacial score (nSPS) is 27.4. The Balaban J connectivity index is 2.94. The largest absolute Gasteiger partial charge is 0.455 e. The van der Waals surface area contributed by atoms with Gasteiger partial charge in [-0.3, -0.25) is 0 Å². The van der Waals surface area contributed by atoms with Gasteiger partial charge in [0.25, 0.3) is 0 Å². The molecule has 1 fully saturated rings.